The Morgan fingerprint density at radius 1 is 1.30 bits per heavy atom. The van der Waals surface area contributed by atoms with Gasteiger partial charge in [0.25, 0.3) is 5.91 Å². The molecule has 2 aliphatic heterocycles. The van der Waals surface area contributed by atoms with E-state index in [1.807, 2.05) is 0 Å². The van der Waals surface area contributed by atoms with Crippen molar-refractivity contribution in [2.75, 3.05) is 33.3 Å². The molecule has 2 saturated heterocycles. The molecule has 0 aromatic heterocycles. The molecule has 0 bridgehead atoms. The maximum atomic E-state index is 14.2. The molecular weight excluding hydrogens is 347 g/mol. The summed E-state index contributed by atoms with van der Waals surface area (Å²) >= 11 is 0. The van der Waals surface area contributed by atoms with Gasteiger partial charge in [0.1, 0.15) is 11.6 Å². The zero-order chi connectivity index (χ0) is 19.4. The van der Waals surface area contributed by atoms with Crippen LogP contribution < -0.4 is 4.74 Å². The van der Waals surface area contributed by atoms with Crippen LogP contribution in [0, 0.1) is 11.7 Å². The molecule has 2 aliphatic rings. The van der Waals surface area contributed by atoms with Crippen LogP contribution in [0.4, 0.5) is 4.39 Å². The smallest absolute Gasteiger partial charge is 0.256 e. The summed E-state index contributed by atoms with van der Waals surface area (Å²) in [6.07, 6.45) is 4.63. The number of hydrogen-bond donors (Lipinski definition) is 1. The summed E-state index contributed by atoms with van der Waals surface area (Å²) in [5, 5.41) is 11.1. The van der Waals surface area contributed by atoms with Crippen molar-refractivity contribution in [1.82, 2.24) is 9.80 Å². The van der Waals surface area contributed by atoms with Crippen LogP contribution in [-0.4, -0.2) is 59.7 Å². The number of benzene rings is 1. The molecule has 1 atom stereocenters. The number of amides is 1. The van der Waals surface area contributed by atoms with Gasteiger partial charge in [-0.2, -0.15) is 0 Å². The zero-order valence-electron chi connectivity index (χ0n) is 16.4. The van der Waals surface area contributed by atoms with E-state index in [-0.39, 0.29) is 18.3 Å². The van der Waals surface area contributed by atoms with Crippen molar-refractivity contribution in [2.24, 2.45) is 5.92 Å². The van der Waals surface area contributed by atoms with Crippen molar-refractivity contribution in [1.29, 1.82) is 0 Å². The average molecular weight is 378 g/mol. The molecule has 1 amide bonds. The van der Waals surface area contributed by atoms with Crippen LogP contribution in [0.25, 0.3) is 0 Å². The quantitative estimate of drug-likeness (QED) is 0.827. The van der Waals surface area contributed by atoms with Gasteiger partial charge in [0, 0.05) is 25.2 Å². The number of piperidine rings is 2. The largest absolute Gasteiger partial charge is 0.497 e. The van der Waals surface area contributed by atoms with Gasteiger partial charge in [-0.1, -0.05) is 13.3 Å². The van der Waals surface area contributed by atoms with Crippen LogP contribution in [-0.2, 0) is 11.3 Å². The monoisotopic (exact) mass is 378 g/mol. The number of β-amino-alcohol motifs (C(OH)–C–C–N with tert-alkyl or cyclic N) is 1. The fourth-order valence-electron chi connectivity index (χ4n) is 4.29. The van der Waals surface area contributed by atoms with Gasteiger partial charge in [-0.15, -0.1) is 0 Å². The average Bonchev–Trinajstić information content (AvgIpc) is 2.68. The van der Waals surface area contributed by atoms with Crippen molar-refractivity contribution >= 4 is 5.91 Å². The summed E-state index contributed by atoms with van der Waals surface area (Å²) in [6.45, 7) is 5.14. The third kappa shape index (κ3) is 4.61. The normalized spacial score (nSPS) is 25.0. The third-order valence-corrected chi connectivity index (χ3v) is 6.09. The van der Waals surface area contributed by atoms with E-state index in [0.29, 0.717) is 30.8 Å². The summed E-state index contributed by atoms with van der Waals surface area (Å²) in [7, 11) is 1.53. The van der Waals surface area contributed by atoms with Gasteiger partial charge in [-0.3, -0.25) is 9.69 Å². The van der Waals surface area contributed by atoms with Crippen LogP contribution in [0.5, 0.6) is 5.75 Å². The summed E-state index contributed by atoms with van der Waals surface area (Å²) < 4.78 is 19.3. The minimum atomic E-state index is -1.37. The van der Waals surface area contributed by atoms with Gasteiger partial charge >= 0.3 is 0 Å². The summed E-state index contributed by atoms with van der Waals surface area (Å²) in [6, 6.07) is 4.53. The molecule has 1 N–H and O–H groups in total. The van der Waals surface area contributed by atoms with Gasteiger partial charge in [0.05, 0.1) is 7.11 Å². The number of hydrogen-bond acceptors (Lipinski definition) is 4. The van der Waals surface area contributed by atoms with E-state index in [2.05, 4.69) is 11.8 Å². The van der Waals surface area contributed by atoms with Crippen molar-refractivity contribution < 1.29 is 19.0 Å². The molecule has 1 aromatic carbocycles. The predicted octanol–water partition coefficient (Wildman–Crippen LogP) is 2.81. The number of methoxy groups -OCH3 is 1. The molecule has 27 heavy (non-hydrogen) atoms. The molecule has 0 saturated carbocycles. The highest BCUT2D eigenvalue weighted by atomic mass is 19.1. The summed E-state index contributed by atoms with van der Waals surface area (Å²) in [5.74, 6) is 0.670. The minimum Gasteiger partial charge on any atom is -0.497 e. The maximum absolute atomic E-state index is 14.2. The Balaban J connectivity index is 1.66. The molecule has 1 unspecified atom stereocenters. The molecule has 6 heteroatoms. The lowest BCUT2D eigenvalue weighted by Crippen LogP contribution is -2.59. The molecule has 0 radical (unpaired) electrons. The van der Waals surface area contributed by atoms with E-state index < -0.39 is 5.60 Å². The standard InChI is InChI=1S/C21H31FN2O3/c1-3-16-7-11-23(12-8-16)15-21(26)9-4-10-24(20(21)25)14-17-13-18(27-2)5-6-19(17)22/h5-6,13,16,26H,3-4,7-12,14-15H2,1-2H3. The summed E-state index contributed by atoms with van der Waals surface area (Å²) in [4.78, 5) is 16.8. The van der Waals surface area contributed by atoms with Crippen molar-refractivity contribution in [2.45, 2.75) is 51.2 Å². The van der Waals surface area contributed by atoms with Crippen molar-refractivity contribution in [3.05, 3.63) is 29.6 Å². The number of likely N-dealkylation sites (tertiary alicyclic amines) is 2. The molecule has 5 nitrogen and oxygen atoms in total. The lowest BCUT2D eigenvalue weighted by atomic mass is 9.88. The topological polar surface area (TPSA) is 53.0 Å². The Morgan fingerprint density at radius 3 is 2.70 bits per heavy atom. The molecule has 2 fully saturated rings. The zero-order valence-corrected chi connectivity index (χ0v) is 16.4. The molecule has 3 rings (SSSR count). The SMILES string of the molecule is CCC1CCN(CC2(O)CCCN(Cc3cc(OC)ccc3F)C2=O)CC1. The predicted molar refractivity (Wildman–Crippen MR) is 102 cm³/mol. The number of halogens is 1. The molecule has 0 spiro atoms. The molecule has 1 aromatic rings. The van der Waals surface area contributed by atoms with E-state index in [9.17, 15) is 14.3 Å². The van der Waals surface area contributed by atoms with Crippen LogP contribution in [0.1, 0.15) is 44.6 Å². The summed E-state index contributed by atoms with van der Waals surface area (Å²) in [5.41, 5.74) is -0.956. The number of carbonyl (C=O) groups is 1. The van der Waals surface area contributed by atoms with Gasteiger partial charge in [0.15, 0.2) is 5.60 Å². The Hall–Kier alpha value is -1.66. The van der Waals surface area contributed by atoms with Crippen LogP contribution in [0.15, 0.2) is 18.2 Å². The fraction of sp³-hybridized carbons (Fsp3) is 0.667. The highest BCUT2D eigenvalue weighted by Crippen LogP contribution is 2.29. The first-order chi connectivity index (χ1) is 12.9. The van der Waals surface area contributed by atoms with Crippen LogP contribution >= 0.6 is 0 Å². The molecule has 150 valence electrons. The second kappa shape index (κ2) is 8.57. The molecule has 2 heterocycles. The van der Waals surface area contributed by atoms with Crippen molar-refractivity contribution in [3.8, 4) is 5.75 Å². The first-order valence-corrected chi connectivity index (χ1v) is 10.0. The number of ether oxygens (including phenoxy) is 1. The molecule has 0 aliphatic carbocycles. The van der Waals surface area contributed by atoms with E-state index in [4.69, 9.17) is 4.74 Å². The highest BCUT2D eigenvalue weighted by Gasteiger charge is 2.43. The second-order valence-corrected chi connectivity index (χ2v) is 7.95. The lowest BCUT2D eigenvalue weighted by Gasteiger charge is -2.42. The minimum absolute atomic E-state index is 0.155. The molecular formula is C21H31FN2O3. The van der Waals surface area contributed by atoms with Gasteiger partial charge < -0.3 is 14.7 Å². The Kier molecular flexibility index (Phi) is 6.37. The van der Waals surface area contributed by atoms with Crippen LogP contribution in [0.2, 0.25) is 0 Å². The number of aliphatic hydroxyl groups is 1. The number of rotatable bonds is 6. The van der Waals surface area contributed by atoms with Crippen molar-refractivity contribution in [3.63, 3.8) is 0 Å². The van der Waals surface area contributed by atoms with Gasteiger partial charge in [-0.05, 0) is 62.9 Å². The van der Waals surface area contributed by atoms with E-state index in [1.54, 1.807) is 17.0 Å². The second-order valence-electron chi connectivity index (χ2n) is 7.95. The van der Waals surface area contributed by atoms with Gasteiger partial charge in [-0.25, -0.2) is 4.39 Å². The highest BCUT2D eigenvalue weighted by molar-refractivity contribution is 5.86. The Labute approximate surface area is 161 Å². The fourth-order valence-corrected chi connectivity index (χ4v) is 4.29. The first kappa shape index (κ1) is 20.1. The maximum Gasteiger partial charge on any atom is 0.256 e. The van der Waals surface area contributed by atoms with Crippen LogP contribution in [0.3, 0.4) is 0 Å². The number of nitrogens with zero attached hydrogens (tertiary/aromatic N) is 2. The van der Waals surface area contributed by atoms with E-state index in [1.165, 1.54) is 19.6 Å². The lowest BCUT2D eigenvalue weighted by molar-refractivity contribution is -0.160. The van der Waals surface area contributed by atoms with Gasteiger partial charge in [0.2, 0.25) is 0 Å². The van der Waals surface area contributed by atoms with E-state index in [0.717, 1.165) is 38.3 Å². The first-order valence-electron chi connectivity index (χ1n) is 10.0. The number of carbonyl (C=O) groups excluding carboxylic acids is 1. The third-order valence-electron chi connectivity index (χ3n) is 6.09. The Bertz CT molecular complexity index is 661. The van der Waals surface area contributed by atoms with E-state index >= 15 is 0 Å². The Morgan fingerprint density at radius 2 is 2.04 bits per heavy atom.